The molecule has 5 rings (SSSR count). The highest BCUT2D eigenvalue weighted by Crippen LogP contribution is 2.41. The summed E-state index contributed by atoms with van der Waals surface area (Å²) < 4.78 is 7.89. The lowest BCUT2D eigenvalue weighted by Crippen LogP contribution is -2.40. The molecule has 1 saturated carbocycles. The molecule has 24 heavy (non-hydrogen) atoms. The Morgan fingerprint density at radius 2 is 2.12 bits per heavy atom. The van der Waals surface area contributed by atoms with Gasteiger partial charge in [-0.2, -0.15) is 0 Å². The Labute approximate surface area is 141 Å². The molecule has 0 radical (unpaired) electrons. The zero-order chi connectivity index (χ0) is 16.1. The van der Waals surface area contributed by atoms with Gasteiger partial charge >= 0.3 is 0 Å². The van der Waals surface area contributed by atoms with Gasteiger partial charge in [-0.1, -0.05) is 0 Å². The number of nitrogens with zero attached hydrogens (tertiary/aromatic N) is 6. The number of hydrogen-bond acceptors (Lipinski definition) is 6. The molecular weight excluding hydrogens is 304 g/mol. The second-order valence-corrected chi connectivity index (χ2v) is 7.06. The molecule has 3 heterocycles. The lowest BCUT2D eigenvalue weighted by molar-refractivity contribution is 0.0318. The molecule has 0 aromatic carbocycles. The molecule has 0 amide bonds. The number of aryl methyl sites for hydroxylation is 2. The average Bonchev–Trinajstić information content (AvgIpc) is 3.20. The van der Waals surface area contributed by atoms with Crippen LogP contribution in [0.5, 0.6) is 0 Å². The van der Waals surface area contributed by atoms with E-state index in [0.717, 1.165) is 43.4 Å². The van der Waals surface area contributed by atoms with Gasteiger partial charge in [-0.25, -0.2) is 9.97 Å². The van der Waals surface area contributed by atoms with E-state index in [2.05, 4.69) is 15.1 Å². The molecule has 2 aliphatic carbocycles. The quantitative estimate of drug-likeness (QED) is 0.852. The van der Waals surface area contributed by atoms with Gasteiger partial charge in [0.2, 0.25) is 0 Å². The summed E-state index contributed by atoms with van der Waals surface area (Å²) in [5.74, 6) is 3.68. The highest BCUT2D eigenvalue weighted by atomic mass is 16.5. The van der Waals surface area contributed by atoms with Crippen LogP contribution in [0.2, 0.25) is 0 Å². The molecule has 1 saturated heterocycles. The van der Waals surface area contributed by atoms with E-state index >= 15 is 0 Å². The Morgan fingerprint density at radius 3 is 2.92 bits per heavy atom. The minimum absolute atomic E-state index is 0.0531. The lowest BCUT2D eigenvalue weighted by Gasteiger charge is -2.34. The van der Waals surface area contributed by atoms with Crippen molar-refractivity contribution in [2.75, 3.05) is 24.6 Å². The molecule has 7 nitrogen and oxygen atoms in total. The molecule has 0 spiro atoms. The van der Waals surface area contributed by atoms with Crippen molar-refractivity contribution in [3.05, 3.63) is 29.2 Å². The number of fused-ring (bicyclic) bond motifs is 1. The standard InChI is InChI=1S/C17H22N6O/c1-22-10-18-21-17(22)14-9-23(7-8-24-14)16-12-3-2-4-13(12)19-15(20-16)11-5-6-11/h10-11,14H,2-9H2,1H3. The zero-order valence-electron chi connectivity index (χ0n) is 14.0. The monoisotopic (exact) mass is 326 g/mol. The molecule has 2 fully saturated rings. The fraction of sp³-hybridized carbons (Fsp3) is 0.647. The van der Waals surface area contributed by atoms with Crippen molar-refractivity contribution in [1.82, 2.24) is 24.7 Å². The van der Waals surface area contributed by atoms with Gasteiger partial charge in [0.1, 0.15) is 24.1 Å². The van der Waals surface area contributed by atoms with Crippen LogP contribution in [0.15, 0.2) is 6.33 Å². The van der Waals surface area contributed by atoms with E-state index in [1.807, 2.05) is 11.6 Å². The summed E-state index contributed by atoms with van der Waals surface area (Å²) in [6.45, 7) is 2.34. The molecular formula is C17H22N6O. The maximum atomic E-state index is 5.96. The van der Waals surface area contributed by atoms with Crippen molar-refractivity contribution in [2.24, 2.45) is 7.05 Å². The first-order valence-electron chi connectivity index (χ1n) is 8.89. The summed E-state index contributed by atoms with van der Waals surface area (Å²) in [4.78, 5) is 12.2. The summed E-state index contributed by atoms with van der Waals surface area (Å²) in [5, 5.41) is 8.21. The van der Waals surface area contributed by atoms with E-state index in [0.29, 0.717) is 12.5 Å². The molecule has 2 aromatic rings. The van der Waals surface area contributed by atoms with Crippen LogP contribution in [0.25, 0.3) is 0 Å². The average molecular weight is 326 g/mol. The number of morpholine rings is 1. The van der Waals surface area contributed by atoms with E-state index in [1.54, 1.807) is 6.33 Å². The molecule has 1 aliphatic heterocycles. The third-order valence-electron chi connectivity index (χ3n) is 5.27. The van der Waals surface area contributed by atoms with E-state index in [-0.39, 0.29) is 6.10 Å². The van der Waals surface area contributed by atoms with Gasteiger partial charge in [0, 0.05) is 30.8 Å². The minimum atomic E-state index is -0.0531. The predicted octanol–water partition coefficient (Wildman–Crippen LogP) is 1.55. The fourth-order valence-electron chi connectivity index (χ4n) is 3.80. The van der Waals surface area contributed by atoms with Crippen LogP contribution in [0.4, 0.5) is 5.82 Å². The highest BCUT2D eigenvalue weighted by molar-refractivity contribution is 5.52. The maximum Gasteiger partial charge on any atom is 0.163 e. The van der Waals surface area contributed by atoms with Crippen molar-refractivity contribution in [3.63, 3.8) is 0 Å². The van der Waals surface area contributed by atoms with Gasteiger partial charge < -0.3 is 14.2 Å². The topological polar surface area (TPSA) is 69.0 Å². The molecule has 0 N–H and O–H groups in total. The highest BCUT2D eigenvalue weighted by Gasteiger charge is 2.33. The summed E-state index contributed by atoms with van der Waals surface area (Å²) in [5.41, 5.74) is 2.64. The molecule has 1 unspecified atom stereocenters. The van der Waals surface area contributed by atoms with Gasteiger partial charge in [0.15, 0.2) is 5.82 Å². The van der Waals surface area contributed by atoms with E-state index < -0.39 is 0 Å². The van der Waals surface area contributed by atoms with Crippen molar-refractivity contribution in [3.8, 4) is 0 Å². The van der Waals surface area contributed by atoms with Crippen LogP contribution in [-0.4, -0.2) is 44.4 Å². The van der Waals surface area contributed by atoms with Crippen LogP contribution < -0.4 is 4.90 Å². The smallest absolute Gasteiger partial charge is 0.163 e. The fourth-order valence-corrected chi connectivity index (χ4v) is 3.80. The number of hydrogen-bond donors (Lipinski definition) is 0. The van der Waals surface area contributed by atoms with Gasteiger partial charge in [-0.3, -0.25) is 0 Å². The summed E-state index contributed by atoms with van der Waals surface area (Å²) in [6.07, 6.45) is 7.55. The Kier molecular flexibility index (Phi) is 3.29. The molecule has 3 aliphatic rings. The first-order chi connectivity index (χ1) is 11.8. The third kappa shape index (κ3) is 2.38. The molecule has 1 atom stereocenters. The molecule has 7 heteroatoms. The van der Waals surface area contributed by atoms with E-state index in [9.17, 15) is 0 Å². The van der Waals surface area contributed by atoms with Gasteiger partial charge in [0.05, 0.1) is 13.2 Å². The summed E-state index contributed by atoms with van der Waals surface area (Å²) in [7, 11) is 1.96. The van der Waals surface area contributed by atoms with Crippen molar-refractivity contribution in [1.29, 1.82) is 0 Å². The second kappa shape index (κ2) is 5.51. The van der Waals surface area contributed by atoms with Gasteiger partial charge in [0.25, 0.3) is 0 Å². The third-order valence-corrected chi connectivity index (χ3v) is 5.27. The van der Waals surface area contributed by atoms with Crippen molar-refractivity contribution < 1.29 is 4.74 Å². The molecule has 2 aromatic heterocycles. The van der Waals surface area contributed by atoms with Crippen LogP contribution in [0.3, 0.4) is 0 Å². The maximum absolute atomic E-state index is 5.96. The first-order valence-corrected chi connectivity index (χ1v) is 8.89. The number of aromatic nitrogens is 5. The van der Waals surface area contributed by atoms with Crippen LogP contribution in [0, 0.1) is 0 Å². The van der Waals surface area contributed by atoms with Crippen molar-refractivity contribution in [2.45, 2.75) is 44.1 Å². The number of anilines is 1. The summed E-state index contributed by atoms with van der Waals surface area (Å²) in [6, 6.07) is 0. The largest absolute Gasteiger partial charge is 0.366 e. The normalized spacial score (nSPS) is 23.5. The number of ether oxygens (including phenoxy) is 1. The van der Waals surface area contributed by atoms with Crippen LogP contribution >= 0.6 is 0 Å². The molecule has 126 valence electrons. The second-order valence-electron chi connectivity index (χ2n) is 7.06. The Hall–Kier alpha value is -2.02. The zero-order valence-corrected chi connectivity index (χ0v) is 14.0. The van der Waals surface area contributed by atoms with Gasteiger partial charge in [-0.15, -0.1) is 10.2 Å². The van der Waals surface area contributed by atoms with Gasteiger partial charge in [-0.05, 0) is 32.1 Å². The van der Waals surface area contributed by atoms with E-state index in [1.165, 1.54) is 30.5 Å². The Morgan fingerprint density at radius 1 is 1.21 bits per heavy atom. The Balaban J connectivity index is 1.48. The summed E-state index contributed by atoms with van der Waals surface area (Å²) >= 11 is 0. The lowest BCUT2D eigenvalue weighted by atomic mass is 10.2. The van der Waals surface area contributed by atoms with E-state index in [4.69, 9.17) is 14.7 Å². The van der Waals surface area contributed by atoms with Crippen LogP contribution in [-0.2, 0) is 24.6 Å². The van der Waals surface area contributed by atoms with Crippen LogP contribution in [0.1, 0.15) is 54.2 Å². The predicted molar refractivity (Wildman–Crippen MR) is 87.9 cm³/mol. The molecule has 0 bridgehead atoms. The Bertz CT molecular complexity index is 768. The first kappa shape index (κ1) is 14.3. The number of rotatable bonds is 3. The SMILES string of the molecule is Cn1cnnc1C1CN(c2nc(C3CC3)nc3c2CCC3)CCO1. The minimum Gasteiger partial charge on any atom is -0.366 e. The van der Waals surface area contributed by atoms with Crippen molar-refractivity contribution >= 4 is 5.82 Å².